The van der Waals surface area contributed by atoms with Gasteiger partial charge in [-0.05, 0) is 6.92 Å². The summed E-state index contributed by atoms with van der Waals surface area (Å²) in [7, 11) is 0. The van der Waals surface area contributed by atoms with Gasteiger partial charge in [-0.2, -0.15) is 13.2 Å². The molecule has 0 aliphatic carbocycles. The van der Waals surface area contributed by atoms with E-state index >= 15 is 0 Å². The van der Waals surface area contributed by atoms with Crippen molar-refractivity contribution in [1.82, 2.24) is 10.6 Å². The van der Waals surface area contributed by atoms with Gasteiger partial charge in [0.15, 0.2) is 0 Å². The Balaban J connectivity index is 2.80. The van der Waals surface area contributed by atoms with Gasteiger partial charge >= 0.3 is 12.2 Å². The third-order valence-corrected chi connectivity index (χ3v) is 1.20. The molecule has 12 heavy (non-hydrogen) atoms. The first-order valence-corrected chi connectivity index (χ1v) is 3.08. The predicted octanol–water partition coefficient (Wildman–Crippen LogP) is 0.606. The van der Waals surface area contributed by atoms with Crippen LogP contribution in [0.4, 0.5) is 18.0 Å². The molecular weight excluding hydrogens is 175 g/mol. The van der Waals surface area contributed by atoms with E-state index in [0.717, 1.165) is 0 Å². The van der Waals surface area contributed by atoms with E-state index in [1.165, 1.54) is 6.92 Å². The molecule has 0 fully saturated rings. The first-order valence-electron chi connectivity index (χ1n) is 3.08. The van der Waals surface area contributed by atoms with Crippen molar-refractivity contribution in [1.29, 1.82) is 0 Å². The number of carbonyl (C=O) groups excluding carboxylic acids is 1. The van der Waals surface area contributed by atoms with Crippen LogP contribution in [0.15, 0.2) is 4.99 Å². The van der Waals surface area contributed by atoms with Gasteiger partial charge in [-0.3, -0.25) is 5.32 Å². The molecule has 1 unspecified atom stereocenters. The maximum absolute atomic E-state index is 11.9. The van der Waals surface area contributed by atoms with Crippen LogP contribution in [0.3, 0.4) is 0 Å². The highest BCUT2D eigenvalue weighted by molar-refractivity contribution is 5.98. The first kappa shape index (κ1) is 8.82. The molecule has 0 saturated heterocycles. The van der Waals surface area contributed by atoms with Gasteiger partial charge in [0.1, 0.15) is 5.84 Å². The molecular formula is C5H6F3N3O. The fourth-order valence-electron chi connectivity index (χ4n) is 0.738. The highest BCUT2D eigenvalue weighted by Crippen LogP contribution is 2.21. The lowest BCUT2D eigenvalue weighted by molar-refractivity contribution is -0.151. The maximum atomic E-state index is 11.9. The number of amides is 2. The normalized spacial score (nSPS) is 24.2. The van der Waals surface area contributed by atoms with Crippen molar-refractivity contribution in [3.8, 4) is 0 Å². The minimum absolute atomic E-state index is 0.0407. The van der Waals surface area contributed by atoms with Crippen molar-refractivity contribution in [2.45, 2.75) is 19.3 Å². The van der Waals surface area contributed by atoms with Crippen LogP contribution in [0.5, 0.6) is 0 Å². The van der Waals surface area contributed by atoms with Crippen molar-refractivity contribution in [2.75, 3.05) is 0 Å². The lowest BCUT2D eigenvalue weighted by atomic mass is 10.4. The summed E-state index contributed by atoms with van der Waals surface area (Å²) < 4.78 is 35.8. The molecule has 0 aromatic heterocycles. The number of hydrogen-bond donors (Lipinski definition) is 2. The molecule has 68 valence electrons. The molecule has 0 aromatic carbocycles. The summed E-state index contributed by atoms with van der Waals surface area (Å²) in [6.45, 7) is 1.29. The standard InChI is InChI=1S/C5H6F3N3O/c1-2-9-3(5(6,7)8)11-4(12)10-2/h3H,1H3,(H2,9,10,11,12). The second-order valence-electron chi connectivity index (χ2n) is 2.26. The van der Waals surface area contributed by atoms with Crippen LogP contribution in [-0.2, 0) is 0 Å². The summed E-state index contributed by atoms with van der Waals surface area (Å²) in [5, 5.41) is 3.71. The highest BCUT2D eigenvalue weighted by atomic mass is 19.4. The fourth-order valence-corrected chi connectivity index (χ4v) is 0.738. The smallest absolute Gasteiger partial charge is 0.308 e. The summed E-state index contributed by atoms with van der Waals surface area (Å²) in [5.41, 5.74) is 0. The molecule has 0 bridgehead atoms. The number of rotatable bonds is 0. The zero-order chi connectivity index (χ0) is 9.35. The van der Waals surface area contributed by atoms with E-state index in [4.69, 9.17) is 0 Å². The van der Waals surface area contributed by atoms with E-state index in [0.29, 0.717) is 0 Å². The third kappa shape index (κ3) is 1.86. The fraction of sp³-hybridized carbons (Fsp3) is 0.600. The molecule has 0 saturated carbocycles. The molecule has 1 aliphatic heterocycles. The van der Waals surface area contributed by atoms with Crippen molar-refractivity contribution < 1.29 is 18.0 Å². The van der Waals surface area contributed by atoms with Crippen LogP contribution in [0.25, 0.3) is 0 Å². The van der Waals surface area contributed by atoms with Crippen LogP contribution in [-0.4, -0.2) is 24.2 Å². The molecule has 1 atom stereocenters. The topological polar surface area (TPSA) is 53.5 Å². The van der Waals surface area contributed by atoms with Gasteiger partial charge in [0.25, 0.3) is 0 Å². The number of halogens is 3. The molecule has 1 aliphatic rings. The Labute approximate surface area is 65.8 Å². The van der Waals surface area contributed by atoms with Gasteiger partial charge in [0, 0.05) is 0 Å². The number of amidine groups is 1. The molecule has 7 heteroatoms. The Morgan fingerprint density at radius 2 is 2.08 bits per heavy atom. The number of alkyl halides is 3. The molecule has 1 heterocycles. The van der Waals surface area contributed by atoms with Crippen molar-refractivity contribution >= 4 is 11.9 Å². The minimum atomic E-state index is -4.53. The highest BCUT2D eigenvalue weighted by Gasteiger charge is 2.42. The monoisotopic (exact) mass is 181 g/mol. The van der Waals surface area contributed by atoms with Gasteiger partial charge in [0.05, 0.1) is 0 Å². The molecule has 1 rings (SSSR count). The van der Waals surface area contributed by atoms with Crippen LogP contribution in [0.1, 0.15) is 6.92 Å². The van der Waals surface area contributed by atoms with Crippen LogP contribution in [0.2, 0.25) is 0 Å². The zero-order valence-electron chi connectivity index (χ0n) is 6.07. The summed E-state index contributed by atoms with van der Waals surface area (Å²) in [6.07, 6.45) is -6.65. The lowest BCUT2D eigenvalue weighted by Gasteiger charge is -2.22. The minimum Gasteiger partial charge on any atom is -0.308 e. The Hall–Kier alpha value is -1.27. The number of aliphatic imine (C=N–C) groups is 1. The molecule has 0 radical (unpaired) electrons. The Bertz CT molecular complexity index is 235. The molecule has 0 spiro atoms. The molecule has 2 N–H and O–H groups in total. The summed E-state index contributed by atoms with van der Waals surface area (Å²) in [6, 6.07) is -0.884. The van der Waals surface area contributed by atoms with E-state index in [1.807, 2.05) is 0 Å². The predicted molar refractivity (Wildman–Crippen MR) is 34.6 cm³/mol. The van der Waals surface area contributed by atoms with Crippen LogP contribution >= 0.6 is 0 Å². The second kappa shape index (κ2) is 2.65. The number of carbonyl (C=O) groups is 1. The van der Waals surface area contributed by atoms with E-state index in [9.17, 15) is 18.0 Å². The second-order valence-corrected chi connectivity index (χ2v) is 2.26. The average molecular weight is 181 g/mol. The summed E-state index contributed by atoms with van der Waals surface area (Å²) >= 11 is 0. The van der Waals surface area contributed by atoms with Gasteiger partial charge in [-0.25, -0.2) is 9.79 Å². The quantitative estimate of drug-likeness (QED) is 0.565. The van der Waals surface area contributed by atoms with Gasteiger partial charge in [-0.15, -0.1) is 0 Å². The Morgan fingerprint density at radius 3 is 2.50 bits per heavy atom. The molecule has 2 amide bonds. The van der Waals surface area contributed by atoms with Gasteiger partial charge < -0.3 is 5.32 Å². The molecule has 0 aromatic rings. The van der Waals surface area contributed by atoms with Crippen molar-refractivity contribution in [3.05, 3.63) is 0 Å². The van der Waals surface area contributed by atoms with E-state index < -0.39 is 18.4 Å². The maximum Gasteiger partial charge on any atom is 0.429 e. The van der Waals surface area contributed by atoms with Gasteiger partial charge in [-0.1, -0.05) is 0 Å². The number of nitrogens with one attached hydrogen (secondary N) is 2. The number of urea groups is 1. The van der Waals surface area contributed by atoms with Gasteiger partial charge in [0.2, 0.25) is 6.17 Å². The largest absolute Gasteiger partial charge is 0.429 e. The first-order chi connectivity index (χ1) is 5.39. The van der Waals surface area contributed by atoms with E-state index in [-0.39, 0.29) is 5.84 Å². The van der Waals surface area contributed by atoms with E-state index in [2.05, 4.69) is 10.3 Å². The third-order valence-electron chi connectivity index (χ3n) is 1.20. The Morgan fingerprint density at radius 1 is 1.50 bits per heavy atom. The van der Waals surface area contributed by atoms with Crippen LogP contribution < -0.4 is 10.6 Å². The summed E-state index contributed by atoms with van der Waals surface area (Å²) in [5.74, 6) is -0.0407. The average Bonchev–Trinajstić information content (AvgIpc) is 1.82. The van der Waals surface area contributed by atoms with E-state index in [1.54, 1.807) is 5.32 Å². The Kier molecular flexibility index (Phi) is 1.95. The number of nitrogens with zero attached hydrogens (tertiary/aromatic N) is 1. The van der Waals surface area contributed by atoms with Crippen molar-refractivity contribution in [2.24, 2.45) is 4.99 Å². The zero-order valence-corrected chi connectivity index (χ0v) is 6.07. The van der Waals surface area contributed by atoms with Crippen LogP contribution in [0, 0.1) is 0 Å². The number of hydrogen-bond acceptors (Lipinski definition) is 2. The SMILES string of the molecule is CC1=NC(C(F)(F)F)NC(=O)N1. The lowest BCUT2D eigenvalue weighted by Crippen LogP contribution is -2.54. The van der Waals surface area contributed by atoms with Crippen molar-refractivity contribution in [3.63, 3.8) is 0 Å². The summed E-state index contributed by atoms with van der Waals surface area (Å²) in [4.78, 5) is 13.7. The molecule has 4 nitrogen and oxygen atoms in total.